The quantitative estimate of drug-likeness (QED) is 0.221. The summed E-state index contributed by atoms with van der Waals surface area (Å²) in [7, 11) is 0. The molecule has 2 N–H and O–H groups in total. The number of hydrogen-bond acceptors (Lipinski definition) is 4. The molecule has 0 bridgehead atoms. The molecule has 0 saturated heterocycles. The fourth-order valence-corrected chi connectivity index (χ4v) is 6.18. The number of aromatic amines is 1. The predicted molar refractivity (Wildman–Crippen MR) is 160 cm³/mol. The van der Waals surface area contributed by atoms with Crippen LogP contribution in [-0.2, 0) is 0 Å². The predicted octanol–water partition coefficient (Wildman–Crippen LogP) is 8.58. The maximum atomic E-state index is 13.3. The number of rotatable bonds is 7. The average Bonchev–Trinajstić information content (AvgIpc) is 3.40. The zero-order chi connectivity index (χ0) is 26.4. The van der Waals surface area contributed by atoms with Gasteiger partial charge in [0.25, 0.3) is 5.91 Å². The Hall–Kier alpha value is -4.16. The number of amides is 1. The highest BCUT2D eigenvalue weighted by Crippen LogP contribution is 2.35. The fourth-order valence-electron chi connectivity index (χ4n) is 5.19. The minimum Gasteiger partial charge on any atom is -0.322 e. The molecule has 0 aliphatic heterocycles. The van der Waals surface area contributed by atoms with Gasteiger partial charge in [0.15, 0.2) is 0 Å². The van der Waals surface area contributed by atoms with Crippen molar-refractivity contribution in [2.24, 2.45) is 0 Å². The van der Waals surface area contributed by atoms with E-state index in [4.69, 9.17) is 0 Å². The highest BCUT2D eigenvalue weighted by molar-refractivity contribution is 7.99. The first-order chi connectivity index (χ1) is 19.2. The Morgan fingerprint density at radius 2 is 1.72 bits per heavy atom. The molecule has 6 rings (SSSR count). The molecular formula is C33H30N4OS. The van der Waals surface area contributed by atoms with Crippen molar-refractivity contribution in [3.05, 3.63) is 114 Å². The molecular weight excluding hydrogens is 500 g/mol. The zero-order valence-electron chi connectivity index (χ0n) is 21.6. The Balaban J connectivity index is 1.16. The van der Waals surface area contributed by atoms with E-state index in [0.29, 0.717) is 11.5 Å². The number of H-pyrrole nitrogens is 1. The number of nitrogens with zero attached hydrogens (tertiary/aromatic N) is 2. The van der Waals surface area contributed by atoms with Crippen LogP contribution in [0.2, 0.25) is 0 Å². The van der Waals surface area contributed by atoms with Gasteiger partial charge in [-0.3, -0.25) is 14.9 Å². The lowest BCUT2D eigenvalue weighted by molar-refractivity contribution is 0.102. The Morgan fingerprint density at radius 1 is 0.897 bits per heavy atom. The molecule has 194 valence electrons. The third-order valence-electron chi connectivity index (χ3n) is 7.27. The number of carbonyl (C=O) groups excluding carboxylic acids is 1. The van der Waals surface area contributed by atoms with E-state index in [0.717, 1.165) is 37.8 Å². The first kappa shape index (κ1) is 25.1. The van der Waals surface area contributed by atoms with Gasteiger partial charge in [-0.15, -0.1) is 0 Å². The lowest BCUT2D eigenvalue weighted by Gasteiger charge is -2.22. The van der Waals surface area contributed by atoms with Crippen LogP contribution >= 0.6 is 11.8 Å². The molecule has 1 saturated carbocycles. The summed E-state index contributed by atoms with van der Waals surface area (Å²) in [5, 5.41) is 11.7. The summed E-state index contributed by atoms with van der Waals surface area (Å²) in [6.07, 6.45) is 12.2. The van der Waals surface area contributed by atoms with Gasteiger partial charge in [-0.25, -0.2) is 0 Å². The molecule has 1 aliphatic rings. The van der Waals surface area contributed by atoms with Gasteiger partial charge in [-0.2, -0.15) is 5.10 Å². The number of anilines is 1. The number of fused-ring (bicyclic) bond motifs is 1. The Bertz CT molecular complexity index is 1600. The largest absolute Gasteiger partial charge is 0.322 e. The van der Waals surface area contributed by atoms with Crippen molar-refractivity contribution in [1.29, 1.82) is 0 Å². The van der Waals surface area contributed by atoms with Gasteiger partial charge in [-0.1, -0.05) is 61.4 Å². The Morgan fingerprint density at radius 3 is 2.54 bits per heavy atom. The highest BCUT2D eigenvalue weighted by Gasteiger charge is 2.16. The van der Waals surface area contributed by atoms with E-state index in [1.807, 2.05) is 66.7 Å². The van der Waals surface area contributed by atoms with E-state index in [-0.39, 0.29) is 5.91 Å². The molecule has 0 atom stereocenters. The van der Waals surface area contributed by atoms with E-state index >= 15 is 0 Å². The van der Waals surface area contributed by atoms with E-state index in [1.54, 1.807) is 18.0 Å². The summed E-state index contributed by atoms with van der Waals surface area (Å²) >= 11 is 1.57. The molecule has 6 heteroatoms. The van der Waals surface area contributed by atoms with Gasteiger partial charge < -0.3 is 5.32 Å². The Kier molecular flexibility index (Phi) is 7.54. The second-order valence-electron chi connectivity index (χ2n) is 9.91. The lowest BCUT2D eigenvalue weighted by Crippen LogP contribution is -2.13. The standard InChI is InChI=1S/C33H30N4OS/c38-33(35-26-15-13-24(14-16-26)23-8-2-1-3-9-23)29-11-4-5-12-32(29)39-27-18-19-28-30(36-37-31(28)22-27)20-17-25-10-6-7-21-34-25/h4-7,10-23H,1-3,8-9H2,(H,35,38)(H,36,37)/b20-17+. The Labute approximate surface area is 232 Å². The average molecular weight is 531 g/mol. The fraction of sp³-hybridized carbons (Fsp3) is 0.182. The SMILES string of the molecule is O=C(Nc1ccc(C2CCCCC2)cc1)c1ccccc1Sc1ccc2c(/C=C/c3ccccn3)n[nH]c2c1. The van der Waals surface area contributed by atoms with Crippen molar-refractivity contribution in [2.45, 2.75) is 47.8 Å². The summed E-state index contributed by atoms with van der Waals surface area (Å²) in [5.41, 5.74) is 5.55. The second-order valence-corrected chi connectivity index (χ2v) is 11.0. The van der Waals surface area contributed by atoms with Crippen molar-refractivity contribution in [2.75, 3.05) is 5.32 Å². The monoisotopic (exact) mass is 530 g/mol. The topological polar surface area (TPSA) is 70.7 Å². The van der Waals surface area contributed by atoms with Crippen LogP contribution in [0, 0.1) is 0 Å². The van der Waals surface area contributed by atoms with Gasteiger partial charge in [0, 0.05) is 27.1 Å². The first-order valence-corrected chi connectivity index (χ1v) is 14.3. The maximum absolute atomic E-state index is 13.3. The van der Waals surface area contributed by atoms with Crippen molar-refractivity contribution in [1.82, 2.24) is 15.2 Å². The summed E-state index contributed by atoms with van der Waals surface area (Å²) in [4.78, 5) is 19.5. The van der Waals surface area contributed by atoms with Gasteiger partial charge in [-0.05, 0) is 91.1 Å². The van der Waals surface area contributed by atoms with Crippen molar-refractivity contribution in [3.63, 3.8) is 0 Å². The molecule has 1 aliphatic carbocycles. The molecule has 0 radical (unpaired) electrons. The summed E-state index contributed by atoms with van der Waals surface area (Å²) < 4.78 is 0. The second kappa shape index (κ2) is 11.7. The molecule has 3 aromatic carbocycles. The molecule has 2 heterocycles. The molecule has 1 amide bonds. The highest BCUT2D eigenvalue weighted by atomic mass is 32.2. The summed E-state index contributed by atoms with van der Waals surface area (Å²) in [6, 6.07) is 28.2. The third kappa shape index (κ3) is 5.96. The van der Waals surface area contributed by atoms with Crippen LogP contribution in [0.1, 0.15) is 65.3 Å². The van der Waals surface area contributed by atoms with Crippen molar-refractivity contribution >= 4 is 46.4 Å². The normalized spacial score (nSPS) is 14.2. The zero-order valence-corrected chi connectivity index (χ0v) is 22.5. The number of benzene rings is 3. The molecule has 5 nitrogen and oxygen atoms in total. The smallest absolute Gasteiger partial charge is 0.256 e. The summed E-state index contributed by atoms with van der Waals surface area (Å²) in [5.74, 6) is 0.550. The molecule has 39 heavy (non-hydrogen) atoms. The van der Waals surface area contributed by atoms with Gasteiger partial charge in [0.1, 0.15) is 0 Å². The molecule has 1 fully saturated rings. The van der Waals surface area contributed by atoms with Gasteiger partial charge in [0.05, 0.1) is 22.5 Å². The van der Waals surface area contributed by atoms with Crippen LogP contribution in [0.4, 0.5) is 5.69 Å². The number of carbonyl (C=O) groups is 1. The third-order valence-corrected chi connectivity index (χ3v) is 8.33. The van der Waals surface area contributed by atoms with Crippen LogP contribution in [0.15, 0.2) is 101 Å². The van der Waals surface area contributed by atoms with E-state index in [9.17, 15) is 4.79 Å². The number of pyridine rings is 1. The van der Waals surface area contributed by atoms with E-state index < -0.39 is 0 Å². The first-order valence-electron chi connectivity index (χ1n) is 13.5. The van der Waals surface area contributed by atoms with Crippen LogP contribution in [0.3, 0.4) is 0 Å². The van der Waals surface area contributed by atoms with Gasteiger partial charge in [0.2, 0.25) is 0 Å². The minimum absolute atomic E-state index is 0.104. The molecule has 2 aromatic heterocycles. The number of nitrogens with one attached hydrogen (secondary N) is 2. The summed E-state index contributed by atoms with van der Waals surface area (Å²) in [6.45, 7) is 0. The number of aromatic nitrogens is 3. The van der Waals surface area contributed by atoms with Crippen molar-refractivity contribution in [3.8, 4) is 0 Å². The molecule has 5 aromatic rings. The number of hydrogen-bond donors (Lipinski definition) is 2. The van der Waals surface area contributed by atoms with Crippen LogP contribution < -0.4 is 5.32 Å². The maximum Gasteiger partial charge on any atom is 0.256 e. The minimum atomic E-state index is -0.104. The van der Waals surface area contributed by atoms with Crippen LogP contribution in [0.25, 0.3) is 23.1 Å². The van der Waals surface area contributed by atoms with Gasteiger partial charge >= 0.3 is 0 Å². The van der Waals surface area contributed by atoms with Crippen molar-refractivity contribution < 1.29 is 4.79 Å². The van der Waals surface area contributed by atoms with E-state index in [1.165, 1.54) is 37.7 Å². The van der Waals surface area contributed by atoms with Crippen LogP contribution in [0.5, 0.6) is 0 Å². The van der Waals surface area contributed by atoms with E-state index in [2.05, 4.69) is 50.8 Å². The lowest BCUT2D eigenvalue weighted by atomic mass is 9.84. The molecule has 0 spiro atoms. The molecule has 0 unspecified atom stereocenters. The van der Waals surface area contributed by atoms with Crippen LogP contribution in [-0.4, -0.2) is 21.1 Å².